The van der Waals surface area contributed by atoms with Crippen molar-refractivity contribution < 1.29 is 37.3 Å². The fourth-order valence-corrected chi connectivity index (χ4v) is 7.92. The summed E-state index contributed by atoms with van der Waals surface area (Å²) in [4.78, 5) is 16.0. The van der Waals surface area contributed by atoms with E-state index >= 15 is 0 Å². The average Bonchev–Trinajstić information content (AvgIpc) is 3.06. The van der Waals surface area contributed by atoms with Gasteiger partial charge in [-0.15, -0.1) is 0 Å². The summed E-state index contributed by atoms with van der Waals surface area (Å²) < 4.78 is 47.8. The minimum atomic E-state index is -2.97. The zero-order chi connectivity index (χ0) is 33.0. The second kappa shape index (κ2) is 14.7. The van der Waals surface area contributed by atoms with Crippen LogP contribution in [0.25, 0.3) is 11.1 Å². The minimum absolute atomic E-state index is 0.151. The number of piperidine rings is 1. The molecule has 0 unspecified atom stereocenters. The van der Waals surface area contributed by atoms with Crippen LogP contribution in [-0.2, 0) is 27.8 Å². The number of carboxylic acids is 1. The molecule has 6 rings (SSSR count). The third-order valence-corrected chi connectivity index (χ3v) is 11.1. The van der Waals surface area contributed by atoms with E-state index in [1.54, 1.807) is 6.07 Å². The average molecular weight is 685 g/mol. The predicted molar refractivity (Wildman–Crippen MR) is 180 cm³/mol. The van der Waals surface area contributed by atoms with Gasteiger partial charge >= 0.3 is 5.97 Å². The Labute approximate surface area is 281 Å². The molecule has 2 saturated heterocycles. The number of carboxylic acid groups (broad SMARTS) is 1. The van der Waals surface area contributed by atoms with Gasteiger partial charge in [0.15, 0.2) is 21.3 Å². The Bertz CT molecular complexity index is 1700. The van der Waals surface area contributed by atoms with E-state index in [1.165, 1.54) is 0 Å². The first kappa shape index (κ1) is 33.4. The van der Waals surface area contributed by atoms with Gasteiger partial charge in [0.2, 0.25) is 0 Å². The summed E-state index contributed by atoms with van der Waals surface area (Å²) in [6, 6.07) is 15.1. The van der Waals surface area contributed by atoms with Crippen LogP contribution < -0.4 is 18.9 Å². The summed E-state index contributed by atoms with van der Waals surface area (Å²) >= 11 is 6.79. The van der Waals surface area contributed by atoms with E-state index < -0.39 is 21.8 Å². The normalized spacial score (nSPS) is 19.7. The lowest BCUT2D eigenvalue weighted by molar-refractivity contribution is -0.144. The molecule has 12 heteroatoms. The lowest BCUT2D eigenvalue weighted by atomic mass is 9.96. The zero-order valence-electron chi connectivity index (χ0n) is 26.6. The quantitative estimate of drug-likeness (QED) is 0.289. The van der Waals surface area contributed by atoms with Crippen molar-refractivity contribution in [2.45, 2.75) is 45.4 Å². The summed E-state index contributed by atoms with van der Waals surface area (Å²) in [6.07, 6.45) is 2.41. The van der Waals surface area contributed by atoms with Gasteiger partial charge < -0.3 is 24.1 Å². The Morgan fingerprint density at radius 2 is 1.74 bits per heavy atom. The number of likely N-dealkylation sites (tertiary alicyclic amines) is 1. The predicted octanol–water partition coefficient (Wildman–Crippen LogP) is 5.21. The molecule has 0 amide bonds. The van der Waals surface area contributed by atoms with Crippen LogP contribution in [0.5, 0.6) is 23.0 Å². The van der Waals surface area contributed by atoms with Gasteiger partial charge in [0.25, 0.3) is 0 Å². The zero-order valence-corrected chi connectivity index (χ0v) is 28.2. The Morgan fingerprint density at radius 1 is 0.957 bits per heavy atom. The van der Waals surface area contributed by atoms with Crippen LogP contribution in [0.3, 0.4) is 0 Å². The van der Waals surface area contributed by atoms with Crippen molar-refractivity contribution in [3.05, 3.63) is 70.2 Å². The number of benzene rings is 3. The van der Waals surface area contributed by atoms with Gasteiger partial charge in [0.1, 0.15) is 44.0 Å². The molecular formula is C35H41ClN2O8S. The van der Waals surface area contributed by atoms with Gasteiger partial charge in [-0.1, -0.05) is 42.3 Å². The molecule has 2 fully saturated rings. The Balaban J connectivity index is 1.20. The number of rotatable bonds is 11. The molecule has 0 spiro atoms. The maximum absolute atomic E-state index is 12.0. The summed E-state index contributed by atoms with van der Waals surface area (Å²) in [7, 11) is -2.97. The van der Waals surface area contributed by atoms with Crippen LogP contribution in [0.15, 0.2) is 48.5 Å². The standard InChI is InChI=1S/C35H41ClN2O8S/c1-24-26(5-4-6-28(24)25-8-9-31-34(20-25)45-16-15-44-31)23-46-33-21-32(43-14-11-37-12-17-47(41,42)18-13-37)27(19-29(33)36)22-38-10-3-2-7-30(38)35(39)40/h4-6,8-9,19-21,30H,2-3,7,10-18,22-23H2,1H3,(H,39,40)/t30-/m0/s1. The maximum Gasteiger partial charge on any atom is 0.320 e. The molecule has 0 aromatic heterocycles. The van der Waals surface area contributed by atoms with Crippen LogP contribution >= 0.6 is 11.6 Å². The first-order valence-electron chi connectivity index (χ1n) is 16.1. The highest BCUT2D eigenvalue weighted by Gasteiger charge is 2.29. The van der Waals surface area contributed by atoms with Crippen molar-refractivity contribution in [1.82, 2.24) is 9.80 Å². The summed E-state index contributed by atoms with van der Waals surface area (Å²) in [6.45, 7) is 6.33. The lowest BCUT2D eigenvalue weighted by Crippen LogP contribution is -2.44. The Kier molecular flexibility index (Phi) is 10.5. The largest absolute Gasteiger partial charge is 0.492 e. The van der Waals surface area contributed by atoms with Crippen LogP contribution in [0.2, 0.25) is 5.02 Å². The summed E-state index contributed by atoms with van der Waals surface area (Å²) in [5.74, 6) is 2.00. The molecule has 0 bridgehead atoms. The van der Waals surface area contributed by atoms with E-state index in [0.29, 0.717) is 75.5 Å². The van der Waals surface area contributed by atoms with Crippen molar-refractivity contribution in [2.75, 3.05) is 57.5 Å². The molecule has 3 heterocycles. The van der Waals surface area contributed by atoms with E-state index in [0.717, 1.165) is 52.2 Å². The summed E-state index contributed by atoms with van der Waals surface area (Å²) in [5.41, 5.74) is 4.94. The van der Waals surface area contributed by atoms with Crippen molar-refractivity contribution in [2.24, 2.45) is 0 Å². The third kappa shape index (κ3) is 8.14. The van der Waals surface area contributed by atoms with Crippen molar-refractivity contribution in [3.8, 4) is 34.1 Å². The molecule has 3 aliphatic rings. The number of carbonyl (C=O) groups is 1. The molecule has 1 atom stereocenters. The number of fused-ring (bicyclic) bond motifs is 1. The molecule has 3 aromatic carbocycles. The maximum atomic E-state index is 12.0. The first-order chi connectivity index (χ1) is 22.7. The van der Waals surface area contributed by atoms with Gasteiger partial charge in [-0.2, -0.15) is 0 Å². The van der Waals surface area contributed by atoms with E-state index in [4.69, 9.17) is 30.5 Å². The number of ether oxygens (including phenoxy) is 4. The molecule has 0 saturated carbocycles. The third-order valence-electron chi connectivity index (χ3n) is 9.17. The monoisotopic (exact) mass is 684 g/mol. The highest BCUT2D eigenvalue weighted by Crippen LogP contribution is 2.38. The molecule has 3 aromatic rings. The number of hydrogen-bond donors (Lipinski definition) is 1. The highest BCUT2D eigenvalue weighted by molar-refractivity contribution is 7.91. The molecule has 0 aliphatic carbocycles. The van der Waals surface area contributed by atoms with Crippen LogP contribution in [0, 0.1) is 6.92 Å². The Morgan fingerprint density at radius 3 is 2.53 bits per heavy atom. The van der Waals surface area contributed by atoms with E-state index in [2.05, 4.69) is 17.9 Å². The topological polar surface area (TPSA) is 115 Å². The first-order valence-corrected chi connectivity index (χ1v) is 18.3. The second-order valence-corrected chi connectivity index (χ2v) is 15.0. The van der Waals surface area contributed by atoms with Gasteiger partial charge in [-0.25, -0.2) is 8.42 Å². The SMILES string of the molecule is Cc1c(COc2cc(OCCN3CCS(=O)(=O)CC3)c(CN3CCCC[C@H]3C(=O)O)cc2Cl)cccc1-c1ccc2c(c1)OCCO2. The summed E-state index contributed by atoms with van der Waals surface area (Å²) in [5, 5.41) is 10.3. The van der Waals surface area contributed by atoms with E-state index in [-0.39, 0.29) is 18.1 Å². The minimum Gasteiger partial charge on any atom is -0.492 e. The lowest BCUT2D eigenvalue weighted by Gasteiger charge is -2.33. The molecule has 47 heavy (non-hydrogen) atoms. The molecular weight excluding hydrogens is 644 g/mol. The fraction of sp³-hybridized carbons (Fsp3) is 0.457. The Hall–Kier alpha value is -3.51. The fourth-order valence-electron chi connectivity index (χ4n) is 6.40. The number of aliphatic carboxylic acids is 1. The number of hydrogen-bond acceptors (Lipinski definition) is 9. The highest BCUT2D eigenvalue weighted by atomic mass is 35.5. The molecule has 3 aliphatic heterocycles. The van der Waals surface area contributed by atoms with Crippen LogP contribution in [-0.4, -0.2) is 92.8 Å². The number of nitrogens with zero attached hydrogens (tertiary/aromatic N) is 2. The smallest absolute Gasteiger partial charge is 0.320 e. The van der Waals surface area contributed by atoms with Crippen molar-refractivity contribution >= 4 is 27.4 Å². The van der Waals surface area contributed by atoms with Gasteiger partial charge in [-0.3, -0.25) is 14.6 Å². The van der Waals surface area contributed by atoms with Crippen molar-refractivity contribution in [1.29, 1.82) is 0 Å². The van der Waals surface area contributed by atoms with Gasteiger partial charge in [0.05, 0.1) is 16.5 Å². The van der Waals surface area contributed by atoms with Crippen LogP contribution in [0.1, 0.15) is 36.0 Å². The molecule has 10 nitrogen and oxygen atoms in total. The second-order valence-electron chi connectivity index (χ2n) is 12.3. The molecule has 1 N–H and O–H groups in total. The van der Waals surface area contributed by atoms with E-state index in [9.17, 15) is 18.3 Å². The molecule has 0 radical (unpaired) electrons. The van der Waals surface area contributed by atoms with Crippen molar-refractivity contribution in [3.63, 3.8) is 0 Å². The van der Waals surface area contributed by atoms with Crippen LogP contribution in [0.4, 0.5) is 0 Å². The molecule has 252 valence electrons. The van der Waals surface area contributed by atoms with E-state index in [1.807, 2.05) is 41.3 Å². The van der Waals surface area contributed by atoms with Gasteiger partial charge in [-0.05, 0) is 66.8 Å². The number of sulfone groups is 1. The number of halogens is 1. The van der Waals surface area contributed by atoms with Gasteiger partial charge in [0, 0.05) is 37.8 Å².